The fourth-order valence-electron chi connectivity index (χ4n) is 23.5. The van der Waals surface area contributed by atoms with Gasteiger partial charge in [-0.2, -0.15) is 0 Å². The van der Waals surface area contributed by atoms with Crippen LogP contribution in [-0.4, -0.2) is 0 Å². The van der Waals surface area contributed by atoms with Crippen LogP contribution in [-0.2, 0) is 5.41 Å². The third kappa shape index (κ3) is 16.4. The summed E-state index contributed by atoms with van der Waals surface area (Å²) in [6.07, 6.45) is 0. The molecular formula is C148H102. The van der Waals surface area contributed by atoms with Gasteiger partial charge in [0.05, 0.1) is 0 Å². The quantitative estimate of drug-likeness (QED) is 0.120. The van der Waals surface area contributed by atoms with E-state index < -0.39 is 0 Å². The molecule has 0 nitrogen and oxygen atoms in total. The molecule has 0 aliphatic heterocycles. The zero-order chi connectivity index (χ0) is 98.7. The summed E-state index contributed by atoms with van der Waals surface area (Å²) in [7, 11) is 0. The lowest BCUT2D eigenvalue weighted by Crippen LogP contribution is -2.10. The van der Waals surface area contributed by atoms with E-state index in [4.69, 9.17) is 0 Å². The van der Waals surface area contributed by atoms with Crippen LogP contribution >= 0.6 is 0 Å². The van der Waals surface area contributed by atoms with Gasteiger partial charge in [0, 0.05) is 0 Å². The highest BCUT2D eigenvalue weighted by molar-refractivity contribution is 6.28. The molecule has 0 saturated carbocycles. The smallest absolute Gasteiger partial charge is 0.00201 e. The first-order chi connectivity index (χ1) is 73.1. The van der Waals surface area contributed by atoms with Crippen molar-refractivity contribution in [1.29, 1.82) is 0 Å². The monoisotopic (exact) mass is 1880 g/mol. The molecule has 694 valence electrons. The van der Waals surface area contributed by atoms with E-state index >= 15 is 0 Å². The van der Waals surface area contributed by atoms with Crippen LogP contribution in [0.5, 0.6) is 0 Å². The topological polar surface area (TPSA) is 0 Å². The van der Waals surface area contributed by atoms with Crippen molar-refractivity contribution in [1.82, 2.24) is 0 Å². The Labute approximate surface area is 862 Å². The standard InChI is InChI=1S/C42H28.C38H30.2C34H22/c1-3-13-29(14-4-1)34-26-35(30-15-5-2-6-16-30)28-36(27-34)42-39-21-11-9-19-37(39)41(38-20-10-12-22-40(38)42)33-24-23-31-17-7-8-18-32(31)25-33;1-38(2,3)31-20-21-34-35(24-31)37(30-19-17-26-11-5-7-13-28(26)23-30)33-15-9-8-14-32(33)36(34)29-18-16-25-10-4-6-12-27(25)22-29;1-3-15-25-23(11-1)13-9-21-27(25)33-29-17-5-7-19-31(29)34(32-20-8-6-18-30(32)33)28-22-10-14-24-12-2-4-16-26(24)28;1-3-11-25-21-27(19-17-23(25)9-1)33-29-13-5-7-15-31(29)34(32-16-8-6-14-30(32)33)28-20-18-24-10-2-4-12-26(24)22-28/h1-28H;4-24H,1-3H3;2*1-22H. The van der Waals surface area contributed by atoms with Gasteiger partial charge in [-0.05, 0) is 338 Å². The van der Waals surface area contributed by atoms with E-state index in [1.807, 2.05) is 0 Å². The second-order valence-corrected chi connectivity index (χ2v) is 40.2. The molecule has 0 radical (unpaired) electrons. The van der Waals surface area contributed by atoms with Gasteiger partial charge in [-0.1, -0.05) is 530 Å². The molecule has 0 bridgehead atoms. The summed E-state index contributed by atoms with van der Waals surface area (Å²) in [5.41, 5.74) is 26.8. The van der Waals surface area contributed by atoms with Crippen LogP contribution in [0.25, 0.3) is 273 Å². The van der Waals surface area contributed by atoms with E-state index in [0.717, 1.165) is 0 Å². The second-order valence-electron chi connectivity index (χ2n) is 40.2. The summed E-state index contributed by atoms with van der Waals surface area (Å²) in [6.45, 7) is 6.90. The molecule has 29 aromatic rings. The van der Waals surface area contributed by atoms with Gasteiger partial charge in [-0.3, -0.25) is 0 Å². The number of benzene rings is 29. The number of hydrogen-bond acceptors (Lipinski definition) is 0. The van der Waals surface area contributed by atoms with Gasteiger partial charge in [-0.15, -0.1) is 0 Å². The summed E-state index contributed by atoms with van der Waals surface area (Å²) >= 11 is 0. The third-order valence-electron chi connectivity index (χ3n) is 30.4. The molecule has 0 atom stereocenters. The predicted octanol–water partition coefficient (Wildman–Crippen LogP) is 42.0. The zero-order valence-corrected chi connectivity index (χ0v) is 82.7. The predicted molar refractivity (Wildman–Crippen MR) is 641 cm³/mol. The molecule has 0 aromatic heterocycles. The van der Waals surface area contributed by atoms with Crippen molar-refractivity contribution in [3.8, 4) is 111 Å². The number of rotatable bonds is 10. The first-order valence-corrected chi connectivity index (χ1v) is 51.6. The van der Waals surface area contributed by atoms with Crippen LogP contribution in [0, 0.1) is 0 Å². The van der Waals surface area contributed by atoms with Crippen LogP contribution in [0.4, 0.5) is 0 Å². The Morgan fingerprint density at radius 1 is 0.101 bits per heavy atom. The van der Waals surface area contributed by atoms with Crippen LogP contribution in [0.15, 0.2) is 564 Å². The van der Waals surface area contributed by atoms with E-state index in [9.17, 15) is 0 Å². The zero-order valence-electron chi connectivity index (χ0n) is 82.7. The molecule has 0 N–H and O–H groups in total. The molecule has 0 heteroatoms. The maximum atomic E-state index is 2.44. The average molecular weight is 1880 g/mol. The summed E-state index contributed by atoms with van der Waals surface area (Å²) in [6, 6.07) is 206. The Hall–Kier alpha value is -18.7. The Balaban J connectivity index is 0.000000100. The molecular weight excluding hydrogens is 1780 g/mol. The van der Waals surface area contributed by atoms with Crippen molar-refractivity contribution < 1.29 is 0 Å². The van der Waals surface area contributed by atoms with E-state index in [-0.39, 0.29) is 5.41 Å². The second kappa shape index (κ2) is 38.2. The van der Waals surface area contributed by atoms with Crippen LogP contribution < -0.4 is 0 Å². The van der Waals surface area contributed by atoms with Gasteiger partial charge in [0.25, 0.3) is 0 Å². The van der Waals surface area contributed by atoms with Gasteiger partial charge in [0.1, 0.15) is 0 Å². The van der Waals surface area contributed by atoms with Crippen molar-refractivity contribution in [2.45, 2.75) is 26.2 Å². The fourth-order valence-corrected chi connectivity index (χ4v) is 23.5. The Morgan fingerprint density at radius 2 is 0.297 bits per heavy atom. The number of hydrogen-bond donors (Lipinski definition) is 0. The summed E-state index contributed by atoms with van der Waals surface area (Å²) in [5.74, 6) is 0. The first-order valence-electron chi connectivity index (χ1n) is 51.6. The Kier molecular flexibility index (Phi) is 23.1. The van der Waals surface area contributed by atoms with Crippen molar-refractivity contribution in [3.05, 3.63) is 570 Å². The van der Waals surface area contributed by atoms with Gasteiger partial charge < -0.3 is 0 Å². The molecule has 29 rings (SSSR count). The van der Waals surface area contributed by atoms with E-state index in [1.165, 1.54) is 278 Å². The van der Waals surface area contributed by atoms with Crippen molar-refractivity contribution in [2.75, 3.05) is 0 Å². The lowest BCUT2D eigenvalue weighted by molar-refractivity contribution is 0.591. The van der Waals surface area contributed by atoms with Gasteiger partial charge >= 0.3 is 0 Å². The third-order valence-corrected chi connectivity index (χ3v) is 30.4. The van der Waals surface area contributed by atoms with Crippen molar-refractivity contribution >= 4 is 162 Å². The first kappa shape index (κ1) is 89.4. The van der Waals surface area contributed by atoms with E-state index in [0.29, 0.717) is 0 Å². The summed E-state index contributed by atoms with van der Waals surface area (Å²) in [4.78, 5) is 0. The van der Waals surface area contributed by atoms with Gasteiger partial charge in [0.2, 0.25) is 0 Å². The maximum absolute atomic E-state index is 2.44. The molecule has 0 heterocycles. The van der Waals surface area contributed by atoms with Crippen molar-refractivity contribution in [3.63, 3.8) is 0 Å². The highest BCUT2D eigenvalue weighted by Crippen LogP contribution is 2.53. The van der Waals surface area contributed by atoms with E-state index in [2.05, 4.69) is 585 Å². The average Bonchev–Trinajstić information content (AvgIpc) is 0.734. The molecule has 148 heavy (non-hydrogen) atoms. The Morgan fingerprint density at radius 3 is 0.561 bits per heavy atom. The SMILES string of the molecule is CC(C)(C)c1ccc2c(-c3ccc4ccccc4c3)c3ccccc3c(-c3ccc4ccccc4c3)c2c1.c1ccc(-c2cc(-c3ccccc3)cc(-c3c4ccccc4c(-c4ccc5ccccc5c4)c4ccccc34)c2)cc1.c1ccc2c(-c3c4ccccc4c(-c4cccc5ccccc45)c4ccccc34)cccc2c1.c1ccc2cc(-c3c4ccccc4c(-c4ccc5ccccc5c4)c4ccccc34)ccc2c1. The molecule has 0 saturated heterocycles. The summed E-state index contributed by atoms with van der Waals surface area (Å²) < 4.78 is 0. The minimum Gasteiger partial charge on any atom is -0.0622 e. The maximum Gasteiger partial charge on any atom is -0.00201 e. The minimum atomic E-state index is 0.0591. The summed E-state index contributed by atoms with van der Waals surface area (Å²) in [5, 5.41) is 38.4. The van der Waals surface area contributed by atoms with Crippen LogP contribution in [0.1, 0.15) is 26.3 Å². The van der Waals surface area contributed by atoms with Crippen molar-refractivity contribution in [2.24, 2.45) is 0 Å². The number of fused-ring (bicyclic) bond motifs is 15. The normalized spacial score (nSPS) is 11.6. The molecule has 0 unspecified atom stereocenters. The van der Waals surface area contributed by atoms with Gasteiger partial charge in [-0.25, -0.2) is 0 Å². The lowest BCUT2D eigenvalue weighted by Gasteiger charge is -2.23. The van der Waals surface area contributed by atoms with Crippen LogP contribution in [0.2, 0.25) is 0 Å². The fraction of sp³-hybridized carbons (Fsp3) is 0.0270. The molecule has 0 fully saturated rings. The van der Waals surface area contributed by atoms with Gasteiger partial charge in [0.15, 0.2) is 0 Å². The lowest BCUT2D eigenvalue weighted by atomic mass is 9.81. The van der Waals surface area contributed by atoms with E-state index in [1.54, 1.807) is 0 Å². The highest BCUT2D eigenvalue weighted by atomic mass is 14.3. The molecule has 0 aliphatic carbocycles. The molecule has 29 aromatic carbocycles. The molecule has 0 spiro atoms. The van der Waals surface area contributed by atoms with Crippen LogP contribution in [0.3, 0.4) is 0 Å². The Bertz CT molecular complexity index is 9770. The minimum absolute atomic E-state index is 0.0591. The molecule has 0 aliphatic rings. The largest absolute Gasteiger partial charge is 0.0622 e. The molecule has 0 amide bonds. The highest BCUT2D eigenvalue weighted by Gasteiger charge is 2.26.